The van der Waals surface area contributed by atoms with Crippen LogP contribution in [0.25, 0.3) is 0 Å². The first-order valence-electron chi connectivity index (χ1n) is 13.0. The molecule has 0 saturated heterocycles. The molecule has 0 aliphatic heterocycles. The molecule has 1 aromatic carbocycles. The second-order valence-electron chi connectivity index (χ2n) is 9.70. The molecule has 0 radical (unpaired) electrons. The monoisotopic (exact) mass is 485 g/mol. The van der Waals surface area contributed by atoms with Crippen molar-refractivity contribution < 1.29 is 24.5 Å². The molecule has 1 saturated carbocycles. The van der Waals surface area contributed by atoms with E-state index in [1.807, 2.05) is 43.3 Å². The van der Waals surface area contributed by atoms with Gasteiger partial charge in [-0.15, -0.1) is 0 Å². The molecule has 0 aromatic heterocycles. The second-order valence-corrected chi connectivity index (χ2v) is 9.70. The molecular weight excluding hydrogens is 442 g/mol. The molecule has 0 bridgehead atoms. The van der Waals surface area contributed by atoms with Gasteiger partial charge in [0, 0.05) is 31.2 Å². The molecule has 1 fully saturated rings. The number of aliphatic hydroxyl groups excluding tert-OH is 2. The minimum atomic E-state index is -0.631. The number of hydrogen-bond acceptors (Lipinski definition) is 5. The van der Waals surface area contributed by atoms with E-state index in [4.69, 9.17) is 4.74 Å². The third kappa shape index (κ3) is 10.4. The fraction of sp³-hybridized carbons (Fsp3) is 0.586. The summed E-state index contributed by atoms with van der Waals surface area (Å²) >= 11 is 0. The Bertz CT molecular complexity index is 820. The number of hydrogen-bond donors (Lipinski definition) is 3. The van der Waals surface area contributed by atoms with Crippen LogP contribution in [0.5, 0.6) is 0 Å². The lowest BCUT2D eigenvalue weighted by atomic mass is 9.89. The van der Waals surface area contributed by atoms with Gasteiger partial charge in [-0.25, -0.2) is 0 Å². The third-order valence-electron chi connectivity index (χ3n) is 6.48. The largest absolute Gasteiger partial charge is 0.462 e. The van der Waals surface area contributed by atoms with E-state index in [1.165, 1.54) is 5.56 Å². The van der Waals surface area contributed by atoms with Gasteiger partial charge >= 0.3 is 5.97 Å². The van der Waals surface area contributed by atoms with E-state index in [-0.39, 0.29) is 35.7 Å². The fourth-order valence-electron chi connectivity index (χ4n) is 4.45. The Morgan fingerprint density at radius 1 is 1.20 bits per heavy atom. The van der Waals surface area contributed by atoms with Gasteiger partial charge in [-0.2, -0.15) is 0 Å². The lowest BCUT2D eigenvalue weighted by Gasteiger charge is -2.23. The second kappa shape index (κ2) is 15.5. The van der Waals surface area contributed by atoms with Gasteiger partial charge in [0.25, 0.3) is 0 Å². The Morgan fingerprint density at radius 3 is 2.63 bits per heavy atom. The predicted octanol–water partition coefficient (Wildman–Crippen LogP) is 4.35. The van der Waals surface area contributed by atoms with Crippen LogP contribution in [0.2, 0.25) is 0 Å². The summed E-state index contributed by atoms with van der Waals surface area (Å²) < 4.78 is 5.75. The highest BCUT2D eigenvalue weighted by atomic mass is 16.5. The van der Waals surface area contributed by atoms with Gasteiger partial charge in [-0.3, -0.25) is 9.59 Å². The van der Waals surface area contributed by atoms with Gasteiger partial charge < -0.3 is 20.3 Å². The van der Waals surface area contributed by atoms with Crippen LogP contribution in [0, 0.1) is 17.8 Å². The van der Waals surface area contributed by atoms with Crippen molar-refractivity contribution in [3.8, 4) is 0 Å². The van der Waals surface area contributed by atoms with Crippen molar-refractivity contribution in [1.29, 1.82) is 0 Å². The maximum absolute atomic E-state index is 12.3. The number of aryl methyl sites for hydroxylation is 1. The van der Waals surface area contributed by atoms with Crippen LogP contribution in [-0.2, 0) is 20.7 Å². The quantitative estimate of drug-likeness (QED) is 0.207. The number of carbonyl (C=O) groups is 2. The SMILES string of the molecule is CCNC(=O)CCC/C=C\C[C@@H]1[C@@H](/C=C/[C@@H](O)CCc2ccccc2)[C@H](O)C[C@@H]1OC(=O)C(C)C. The zero-order chi connectivity index (χ0) is 25.6. The summed E-state index contributed by atoms with van der Waals surface area (Å²) in [6.07, 6.45) is 10.7. The van der Waals surface area contributed by atoms with Crippen LogP contribution in [0.3, 0.4) is 0 Å². The number of rotatable bonds is 14. The first-order chi connectivity index (χ1) is 16.8. The molecule has 3 N–H and O–H groups in total. The number of esters is 1. The van der Waals surface area contributed by atoms with Crippen molar-refractivity contribution >= 4 is 11.9 Å². The zero-order valence-corrected chi connectivity index (χ0v) is 21.4. The average Bonchev–Trinajstić information content (AvgIpc) is 3.12. The number of ether oxygens (including phenoxy) is 1. The van der Waals surface area contributed by atoms with Gasteiger partial charge in [0.15, 0.2) is 0 Å². The van der Waals surface area contributed by atoms with Crippen LogP contribution in [0.15, 0.2) is 54.6 Å². The van der Waals surface area contributed by atoms with Crippen molar-refractivity contribution in [2.45, 2.75) is 84.0 Å². The minimum Gasteiger partial charge on any atom is -0.462 e. The van der Waals surface area contributed by atoms with E-state index >= 15 is 0 Å². The first-order valence-corrected chi connectivity index (χ1v) is 13.0. The molecule has 6 heteroatoms. The molecule has 1 amide bonds. The van der Waals surface area contributed by atoms with Crippen molar-refractivity contribution in [3.63, 3.8) is 0 Å². The number of unbranched alkanes of at least 4 members (excludes halogenated alkanes) is 1. The third-order valence-corrected chi connectivity index (χ3v) is 6.48. The summed E-state index contributed by atoms with van der Waals surface area (Å²) in [6.45, 7) is 6.16. The molecule has 1 aromatic rings. The molecule has 0 heterocycles. The Hall–Kier alpha value is -2.44. The Labute approximate surface area is 210 Å². The van der Waals surface area contributed by atoms with Gasteiger partial charge in [0.1, 0.15) is 6.10 Å². The molecule has 2 rings (SSSR count). The van der Waals surface area contributed by atoms with E-state index in [0.29, 0.717) is 32.2 Å². The molecular formula is C29H43NO5. The minimum absolute atomic E-state index is 0.0649. The highest BCUT2D eigenvalue weighted by Gasteiger charge is 2.42. The lowest BCUT2D eigenvalue weighted by molar-refractivity contribution is -0.154. The molecule has 5 atom stereocenters. The van der Waals surface area contributed by atoms with Crippen LogP contribution in [0.4, 0.5) is 0 Å². The van der Waals surface area contributed by atoms with Crippen LogP contribution < -0.4 is 5.32 Å². The van der Waals surface area contributed by atoms with Gasteiger partial charge in [0.2, 0.25) is 5.91 Å². The molecule has 6 nitrogen and oxygen atoms in total. The van der Waals surface area contributed by atoms with E-state index in [2.05, 4.69) is 17.5 Å². The predicted molar refractivity (Wildman–Crippen MR) is 139 cm³/mol. The van der Waals surface area contributed by atoms with Crippen LogP contribution in [-0.4, -0.2) is 46.9 Å². The van der Waals surface area contributed by atoms with Gasteiger partial charge in [-0.05, 0) is 44.6 Å². The summed E-state index contributed by atoms with van der Waals surface area (Å²) in [7, 11) is 0. The van der Waals surface area contributed by atoms with Crippen LogP contribution >= 0.6 is 0 Å². The van der Waals surface area contributed by atoms with E-state index in [0.717, 1.165) is 19.3 Å². The molecule has 35 heavy (non-hydrogen) atoms. The molecule has 0 unspecified atom stereocenters. The van der Waals surface area contributed by atoms with E-state index < -0.39 is 12.2 Å². The summed E-state index contributed by atoms with van der Waals surface area (Å²) in [4.78, 5) is 23.8. The Balaban J connectivity index is 1.97. The fourth-order valence-corrected chi connectivity index (χ4v) is 4.45. The first kappa shape index (κ1) is 28.8. The maximum atomic E-state index is 12.3. The topological polar surface area (TPSA) is 95.9 Å². The van der Waals surface area contributed by atoms with Crippen molar-refractivity contribution in [2.75, 3.05) is 6.54 Å². The number of carbonyl (C=O) groups excluding carboxylic acids is 2. The zero-order valence-electron chi connectivity index (χ0n) is 21.4. The van der Waals surface area contributed by atoms with Gasteiger partial charge in [0.05, 0.1) is 18.1 Å². The van der Waals surface area contributed by atoms with Crippen molar-refractivity contribution in [2.24, 2.45) is 17.8 Å². The van der Waals surface area contributed by atoms with E-state index in [9.17, 15) is 19.8 Å². The summed E-state index contributed by atoms with van der Waals surface area (Å²) in [5.41, 5.74) is 1.18. The summed E-state index contributed by atoms with van der Waals surface area (Å²) in [6, 6.07) is 10.0. The standard InChI is InChI=1S/C29H43NO5/c1-4-30-28(33)15-11-6-5-10-14-25-24(26(32)20-27(25)35-29(34)21(2)3)19-18-23(31)17-16-22-12-8-7-9-13-22/h5,7-10,12-13,18-19,21,23-27,31-32H,4,6,11,14-17,20H2,1-3H3,(H,30,33)/b10-5-,19-18+/t23-,24+,25+,26+,27-/m0/s1. The number of amides is 1. The Kier molecular flexibility index (Phi) is 12.8. The molecule has 1 aliphatic rings. The van der Waals surface area contributed by atoms with Crippen molar-refractivity contribution in [3.05, 3.63) is 60.2 Å². The summed E-state index contributed by atoms with van der Waals surface area (Å²) in [5, 5.41) is 24.0. The lowest BCUT2D eigenvalue weighted by Crippen LogP contribution is -2.27. The van der Waals surface area contributed by atoms with Gasteiger partial charge in [-0.1, -0.05) is 68.5 Å². The van der Waals surface area contributed by atoms with E-state index in [1.54, 1.807) is 19.9 Å². The summed E-state index contributed by atoms with van der Waals surface area (Å²) in [5.74, 6) is -0.689. The number of aliphatic hydroxyl groups is 2. The average molecular weight is 486 g/mol. The number of allylic oxidation sites excluding steroid dienone is 2. The molecule has 1 aliphatic carbocycles. The number of benzene rings is 1. The smallest absolute Gasteiger partial charge is 0.308 e. The maximum Gasteiger partial charge on any atom is 0.308 e. The Morgan fingerprint density at radius 2 is 1.94 bits per heavy atom. The van der Waals surface area contributed by atoms with Crippen molar-refractivity contribution in [1.82, 2.24) is 5.32 Å². The molecule has 194 valence electrons. The normalized spacial score (nSPS) is 23.3. The van der Waals surface area contributed by atoms with Crippen LogP contribution in [0.1, 0.15) is 64.9 Å². The highest BCUT2D eigenvalue weighted by molar-refractivity contribution is 5.75. The molecule has 0 spiro atoms. The number of nitrogens with one attached hydrogen (secondary N) is 1. The highest BCUT2D eigenvalue weighted by Crippen LogP contribution is 2.38.